The summed E-state index contributed by atoms with van der Waals surface area (Å²) in [7, 11) is -2.24. The molecule has 0 heterocycles. The first kappa shape index (κ1) is 14.4. The van der Waals surface area contributed by atoms with Gasteiger partial charge in [-0.05, 0) is 13.8 Å². The first-order chi connectivity index (χ1) is 6.48. The quantitative estimate of drug-likeness (QED) is 0.540. The van der Waals surface area contributed by atoms with Crippen LogP contribution in [0.2, 0.25) is 0 Å². The third-order valence-electron chi connectivity index (χ3n) is 2.15. The van der Waals surface area contributed by atoms with Crippen molar-refractivity contribution in [3.63, 3.8) is 0 Å². The molecule has 0 bridgehead atoms. The van der Waals surface area contributed by atoms with Crippen molar-refractivity contribution in [1.82, 2.24) is 0 Å². The second-order valence-corrected chi connectivity index (χ2v) is 7.79. The molecule has 0 saturated carbocycles. The van der Waals surface area contributed by atoms with Gasteiger partial charge >= 0.3 is 0 Å². The van der Waals surface area contributed by atoms with Gasteiger partial charge in [0.1, 0.15) is 33.6 Å². The van der Waals surface area contributed by atoms with Crippen molar-refractivity contribution in [2.75, 3.05) is 12.5 Å². The van der Waals surface area contributed by atoms with Crippen molar-refractivity contribution in [2.24, 2.45) is 11.3 Å². The summed E-state index contributed by atoms with van der Waals surface area (Å²) in [5.41, 5.74) is -1.07. The SMILES string of the molecule is CC(C)C(=O)C(C)(C)/C([O-])=C/[S+](C)(C)=O. The Hall–Kier alpha value is -0.640. The monoisotopic (exact) mass is 232 g/mol. The molecule has 0 aromatic rings. The van der Waals surface area contributed by atoms with Crippen LogP contribution >= 0.6 is 0 Å². The number of rotatable bonds is 4. The molecule has 4 heteroatoms. The van der Waals surface area contributed by atoms with E-state index in [1.807, 2.05) is 0 Å². The summed E-state index contributed by atoms with van der Waals surface area (Å²) in [5, 5.41) is 12.9. The molecule has 0 radical (unpaired) electrons. The minimum Gasteiger partial charge on any atom is -0.872 e. The molecule has 0 fully saturated rings. The maximum atomic E-state index is 11.8. The standard InChI is InChI=1S/C11H20O3S/c1-8(2)10(13)11(3,4)9(12)7-15(5,6)14/h7-8H,1-6H3. The molecule has 0 atom stereocenters. The summed E-state index contributed by atoms with van der Waals surface area (Å²) in [6, 6.07) is 0. The van der Waals surface area contributed by atoms with E-state index in [4.69, 9.17) is 0 Å². The maximum Gasteiger partial charge on any atom is 0.144 e. The van der Waals surface area contributed by atoms with Crippen molar-refractivity contribution < 1.29 is 14.1 Å². The number of carbonyl (C=O) groups is 1. The molecule has 0 aromatic heterocycles. The van der Waals surface area contributed by atoms with E-state index in [9.17, 15) is 14.1 Å². The average molecular weight is 232 g/mol. The van der Waals surface area contributed by atoms with Crippen LogP contribution in [0.3, 0.4) is 0 Å². The summed E-state index contributed by atoms with van der Waals surface area (Å²) >= 11 is 0. The van der Waals surface area contributed by atoms with Crippen molar-refractivity contribution >= 4 is 15.7 Å². The predicted molar refractivity (Wildman–Crippen MR) is 61.6 cm³/mol. The lowest BCUT2D eigenvalue weighted by Gasteiger charge is -2.31. The van der Waals surface area contributed by atoms with Crippen LogP contribution in [0.15, 0.2) is 11.2 Å². The Morgan fingerprint density at radius 2 is 1.73 bits per heavy atom. The number of hydrogen-bond acceptors (Lipinski definition) is 3. The fourth-order valence-electron chi connectivity index (χ4n) is 1.25. The van der Waals surface area contributed by atoms with Crippen molar-refractivity contribution in [2.45, 2.75) is 27.7 Å². The van der Waals surface area contributed by atoms with Gasteiger partial charge in [-0.2, -0.15) is 0 Å². The molecule has 0 rings (SSSR count). The van der Waals surface area contributed by atoms with Crippen LogP contribution in [-0.2, 0) is 18.9 Å². The average Bonchev–Trinajstić information content (AvgIpc) is 1.99. The van der Waals surface area contributed by atoms with Crippen molar-refractivity contribution in [3.05, 3.63) is 11.2 Å². The summed E-state index contributed by atoms with van der Waals surface area (Å²) < 4.78 is 11.4. The largest absolute Gasteiger partial charge is 0.872 e. The van der Waals surface area contributed by atoms with Crippen LogP contribution < -0.4 is 5.11 Å². The molecular formula is C11H20O3S. The fourth-order valence-corrected chi connectivity index (χ4v) is 2.06. The molecule has 0 amide bonds. The lowest BCUT2D eigenvalue weighted by Crippen LogP contribution is -2.36. The highest BCUT2D eigenvalue weighted by molar-refractivity contribution is 8.04. The van der Waals surface area contributed by atoms with Gasteiger partial charge in [0, 0.05) is 11.3 Å². The summed E-state index contributed by atoms with van der Waals surface area (Å²) in [6.07, 6.45) is 2.97. The van der Waals surface area contributed by atoms with Gasteiger partial charge in [0.15, 0.2) is 0 Å². The Bertz CT molecular complexity index is 321. The number of hydrogen-bond donors (Lipinski definition) is 0. The van der Waals surface area contributed by atoms with Gasteiger partial charge in [-0.15, -0.1) is 4.21 Å². The molecule has 15 heavy (non-hydrogen) atoms. The van der Waals surface area contributed by atoms with Gasteiger partial charge < -0.3 is 5.11 Å². The second-order valence-electron chi connectivity index (χ2n) is 4.94. The Kier molecular flexibility index (Phi) is 4.28. The fraction of sp³-hybridized carbons (Fsp3) is 0.727. The number of carbonyl (C=O) groups excluding carboxylic acids is 1. The Morgan fingerprint density at radius 1 is 1.33 bits per heavy atom. The van der Waals surface area contributed by atoms with E-state index < -0.39 is 15.3 Å². The van der Waals surface area contributed by atoms with Gasteiger partial charge in [-0.25, -0.2) is 0 Å². The third-order valence-corrected chi connectivity index (χ3v) is 2.93. The van der Waals surface area contributed by atoms with E-state index in [-0.39, 0.29) is 17.5 Å². The van der Waals surface area contributed by atoms with Crippen LogP contribution in [0.4, 0.5) is 0 Å². The van der Waals surface area contributed by atoms with Crippen LogP contribution in [0.1, 0.15) is 27.7 Å². The van der Waals surface area contributed by atoms with Gasteiger partial charge in [0.25, 0.3) is 0 Å². The highest BCUT2D eigenvalue weighted by atomic mass is 32.2. The summed E-state index contributed by atoms with van der Waals surface area (Å²) in [4.78, 5) is 11.8. The van der Waals surface area contributed by atoms with Crippen LogP contribution in [0.25, 0.3) is 0 Å². The Morgan fingerprint density at radius 3 is 2.00 bits per heavy atom. The molecule has 0 saturated heterocycles. The first-order valence-corrected chi connectivity index (χ1v) is 7.30. The molecule has 3 nitrogen and oxygen atoms in total. The van der Waals surface area contributed by atoms with Gasteiger partial charge in [0.05, 0.1) is 0 Å². The molecule has 0 N–H and O–H groups in total. The van der Waals surface area contributed by atoms with E-state index in [1.165, 1.54) is 17.9 Å². The molecular weight excluding hydrogens is 212 g/mol. The smallest absolute Gasteiger partial charge is 0.144 e. The zero-order valence-corrected chi connectivity index (χ0v) is 11.1. The normalized spacial score (nSPS) is 14.5. The predicted octanol–water partition coefficient (Wildman–Crippen LogP) is 1.20. The highest BCUT2D eigenvalue weighted by Crippen LogP contribution is 2.27. The van der Waals surface area contributed by atoms with Crippen LogP contribution in [0.5, 0.6) is 0 Å². The molecule has 0 aromatic carbocycles. The second kappa shape index (κ2) is 4.47. The van der Waals surface area contributed by atoms with E-state index >= 15 is 0 Å². The van der Waals surface area contributed by atoms with E-state index in [1.54, 1.807) is 27.7 Å². The molecule has 0 aliphatic heterocycles. The van der Waals surface area contributed by atoms with E-state index in [0.717, 1.165) is 0 Å². The first-order valence-electron chi connectivity index (χ1n) is 4.86. The molecule has 88 valence electrons. The van der Waals surface area contributed by atoms with Crippen molar-refractivity contribution in [1.29, 1.82) is 0 Å². The molecule has 0 aliphatic carbocycles. The zero-order chi connectivity index (χ0) is 12.4. The number of ketones is 1. The third kappa shape index (κ3) is 4.16. The lowest BCUT2D eigenvalue weighted by molar-refractivity contribution is -0.320. The topological polar surface area (TPSA) is 57.2 Å². The van der Waals surface area contributed by atoms with E-state index in [2.05, 4.69) is 0 Å². The maximum absolute atomic E-state index is 11.8. The minimum atomic E-state index is -2.24. The van der Waals surface area contributed by atoms with Gasteiger partial charge in [-0.1, -0.05) is 19.6 Å². The Labute approximate surface area is 93.0 Å². The minimum absolute atomic E-state index is 0.118. The van der Waals surface area contributed by atoms with Gasteiger partial charge in [-0.3, -0.25) is 4.79 Å². The van der Waals surface area contributed by atoms with Crippen LogP contribution in [0, 0.1) is 11.3 Å². The number of Topliss-reactive ketones (excluding diaryl/α,β-unsaturated/α-hetero) is 1. The molecule has 0 aliphatic rings. The molecule has 0 unspecified atom stereocenters. The van der Waals surface area contributed by atoms with Crippen molar-refractivity contribution in [3.8, 4) is 0 Å². The highest BCUT2D eigenvalue weighted by Gasteiger charge is 2.30. The molecule has 0 spiro atoms. The Balaban J connectivity index is 5.14. The lowest BCUT2D eigenvalue weighted by atomic mass is 9.81. The summed E-state index contributed by atoms with van der Waals surface area (Å²) in [5.74, 6) is -0.661. The van der Waals surface area contributed by atoms with E-state index in [0.29, 0.717) is 0 Å². The van der Waals surface area contributed by atoms with Crippen LogP contribution in [-0.4, -0.2) is 18.3 Å². The zero-order valence-electron chi connectivity index (χ0n) is 10.3. The number of allylic oxidation sites excluding steroid dienone is 1. The van der Waals surface area contributed by atoms with Gasteiger partial charge in [0.2, 0.25) is 0 Å². The summed E-state index contributed by atoms with van der Waals surface area (Å²) in [6.45, 7) is 6.68.